The second kappa shape index (κ2) is 13.3. The number of nitrogens with zero attached hydrogens (tertiary/aromatic N) is 3. The molecule has 0 bridgehead atoms. The van der Waals surface area contributed by atoms with Gasteiger partial charge in [0.25, 0.3) is 0 Å². The Morgan fingerprint density at radius 1 is 0.476 bits per heavy atom. The topological polar surface area (TPSA) is 37.4 Å². The van der Waals surface area contributed by atoms with E-state index in [1.165, 1.54) is 0 Å². The summed E-state index contributed by atoms with van der Waals surface area (Å²) in [5.41, 5.74) is 9.26. The van der Waals surface area contributed by atoms with E-state index in [1.54, 1.807) is 0 Å². The van der Waals surface area contributed by atoms with Gasteiger partial charge in [-0.1, -0.05) is 72.8 Å². The predicted octanol–water partition coefficient (Wildman–Crippen LogP) is 3.46. The van der Waals surface area contributed by atoms with E-state index >= 15 is 0 Å². The SMILES string of the molecule is C=C[Si]1(c2ccccc2CN(C)C)O[Si](C=C)(c2ccccc2CN(C)C)O[Si](C=C)(c2ccccc2CN(C)C)O1. The summed E-state index contributed by atoms with van der Waals surface area (Å²) in [6.45, 7) is 15.4. The molecule has 42 heavy (non-hydrogen) atoms. The molecule has 1 saturated heterocycles. The van der Waals surface area contributed by atoms with Gasteiger partial charge in [0.2, 0.25) is 0 Å². The molecular weight excluding hydrogens is 571 g/mol. The highest BCUT2D eigenvalue weighted by atomic mass is 28.5. The quantitative estimate of drug-likeness (QED) is 0.291. The van der Waals surface area contributed by atoms with Crippen LogP contribution in [-0.4, -0.2) is 82.7 Å². The van der Waals surface area contributed by atoms with Crippen LogP contribution in [0.4, 0.5) is 0 Å². The molecule has 0 amide bonds. The van der Waals surface area contributed by atoms with E-state index in [2.05, 4.69) is 150 Å². The summed E-state index contributed by atoms with van der Waals surface area (Å²) in [5.74, 6) is 0. The fourth-order valence-corrected chi connectivity index (χ4v) is 20.8. The minimum absolute atomic E-state index is 0.742. The Morgan fingerprint density at radius 2 is 0.714 bits per heavy atom. The molecule has 4 rings (SSSR count). The van der Waals surface area contributed by atoms with Gasteiger partial charge in [0, 0.05) is 35.2 Å². The third-order valence-corrected chi connectivity index (χ3v) is 20.0. The lowest BCUT2D eigenvalue weighted by Gasteiger charge is -2.51. The van der Waals surface area contributed by atoms with Gasteiger partial charge in [-0.15, -0.1) is 19.7 Å². The van der Waals surface area contributed by atoms with Gasteiger partial charge in [0.05, 0.1) is 0 Å². The van der Waals surface area contributed by atoms with Gasteiger partial charge in [-0.2, -0.15) is 0 Å². The maximum atomic E-state index is 7.41. The lowest BCUT2D eigenvalue weighted by molar-refractivity contribution is 0.264. The Labute approximate surface area is 255 Å². The first-order valence-electron chi connectivity index (χ1n) is 14.2. The van der Waals surface area contributed by atoms with E-state index in [1.807, 2.05) is 17.1 Å². The van der Waals surface area contributed by atoms with Crippen LogP contribution in [0, 0.1) is 0 Å². The molecule has 9 heteroatoms. The number of benzene rings is 3. The van der Waals surface area contributed by atoms with Crippen molar-refractivity contribution in [3.63, 3.8) is 0 Å². The molecule has 0 saturated carbocycles. The zero-order valence-electron chi connectivity index (χ0n) is 26.0. The zero-order chi connectivity index (χ0) is 30.5. The van der Waals surface area contributed by atoms with Gasteiger partial charge < -0.3 is 27.0 Å². The number of hydrogen-bond acceptors (Lipinski definition) is 6. The molecule has 0 atom stereocenters. The van der Waals surface area contributed by atoms with Crippen LogP contribution in [0.1, 0.15) is 16.7 Å². The standard InChI is InChI=1S/C33H45N3O3Si3/c1-10-40(31-22-16-13-19-28(31)25-34(4)5)37-41(11-2,32-23-17-14-20-29(32)26-35(6)7)39-42(12-3,38-40)33-24-18-15-21-30(33)27-36(8)9/h10-24H,1-3,25-27H2,4-9H3. The van der Waals surface area contributed by atoms with Crippen molar-refractivity contribution in [2.45, 2.75) is 19.6 Å². The van der Waals surface area contributed by atoms with Gasteiger partial charge in [-0.25, -0.2) is 0 Å². The summed E-state index contributed by atoms with van der Waals surface area (Å²) in [6, 6.07) is 25.3. The van der Waals surface area contributed by atoms with Gasteiger partial charge >= 0.3 is 25.7 Å². The molecule has 0 spiro atoms. The first kappa shape index (κ1) is 32.2. The van der Waals surface area contributed by atoms with E-state index in [4.69, 9.17) is 12.3 Å². The highest BCUT2D eigenvalue weighted by Gasteiger charge is 2.63. The Bertz CT molecular complexity index is 1250. The van der Waals surface area contributed by atoms with Crippen LogP contribution in [0.5, 0.6) is 0 Å². The van der Waals surface area contributed by atoms with E-state index in [-0.39, 0.29) is 0 Å². The summed E-state index contributed by atoms with van der Waals surface area (Å²) in [4.78, 5) is 6.50. The minimum Gasteiger partial charge on any atom is -0.402 e. The summed E-state index contributed by atoms with van der Waals surface area (Å²) in [7, 11) is 2.30. The van der Waals surface area contributed by atoms with Crippen molar-refractivity contribution in [1.29, 1.82) is 0 Å². The summed E-state index contributed by atoms with van der Waals surface area (Å²) >= 11 is 0. The molecular formula is C33H45N3O3Si3. The van der Waals surface area contributed by atoms with Crippen LogP contribution in [0.2, 0.25) is 0 Å². The highest BCUT2D eigenvalue weighted by Crippen LogP contribution is 2.34. The first-order valence-corrected chi connectivity index (χ1v) is 19.9. The molecule has 0 aromatic heterocycles. The van der Waals surface area contributed by atoms with E-state index in [9.17, 15) is 0 Å². The van der Waals surface area contributed by atoms with Crippen LogP contribution in [0.15, 0.2) is 110 Å². The molecule has 1 aliphatic heterocycles. The molecule has 0 N–H and O–H groups in total. The van der Waals surface area contributed by atoms with Crippen LogP contribution >= 0.6 is 0 Å². The van der Waals surface area contributed by atoms with Crippen molar-refractivity contribution in [1.82, 2.24) is 14.7 Å². The molecule has 222 valence electrons. The lowest BCUT2D eigenvalue weighted by atomic mass is 10.2. The Kier molecular flexibility index (Phi) is 10.2. The fraction of sp³-hybridized carbons (Fsp3) is 0.273. The lowest BCUT2D eigenvalue weighted by Crippen LogP contribution is -2.79. The average molecular weight is 616 g/mol. The van der Waals surface area contributed by atoms with Gasteiger partial charge in [-0.3, -0.25) is 0 Å². The van der Waals surface area contributed by atoms with Gasteiger partial charge in [0.15, 0.2) is 0 Å². The number of hydrogen-bond donors (Lipinski definition) is 0. The highest BCUT2D eigenvalue weighted by molar-refractivity contribution is 7.10. The molecule has 1 aliphatic rings. The minimum atomic E-state index is -3.38. The van der Waals surface area contributed by atoms with Crippen molar-refractivity contribution in [3.05, 3.63) is 126 Å². The van der Waals surface area contributed by atoms with E-state index < -0.39 is 25.7 Å². The molecule has 1 heterocycles. The molecule has 0 radical (unpaired) electrons. The summed E-state index contributed by atoms with van der Waals surface area (Å²) < 4.78 is 22.2. The molecule has 3 aromatic carbocycles. The molecule has 0 unspecified atom stereocenters. The zero-order valence-corrected chi connectivity index (χ0v) is 29.0. The summed E-state index contributed by atoms with van der Waals surface area (Å²) in [6.07, 6.45) is 0. The van der Waals surface area contributed by atoms with Crippen LogP contribution in [0.25, 0.3) is 0 Å². The van der Waals surface area contributed by atoms with Crippen LogP contribution < -0.4 is 15.6 Å². The van der Waals surface area contributed by atoms with Crippen molar-refractivity contribution in [3.8, 4) is 0 Å². The Morgan fingerprint density at radius 3 is 0.929 bits per heavy atom. The normalized spacial score (nSPS) is 24.2. The van der Waals surface area contributed by atoms with Crippen LogP contribution in [-0.2, 0) is 32.0 Å². The predicted molar refractivity (Wildman–Crippen MR) is 182 cm³/mol. The van der Waals surface area contributed by atoms with Crippen LogP contribution in [0.3, 0.4) is 0 Å². The molecule has 0 aliphatic carbocycles. The van der Waals surface area contributed by atoms with Crippen molar-refractivity contribution in [2.75, 3.05) is 42.3 Å². The largest absolute Gasteiger partial charge is 0.402 e. The summed E-state index contributed by atoms with van der Waals surface area (Å²) in [5, 5.41) is 3.14. The van der Waals surface area contributed by atoms with Gasteiger partial charge in [-0.05, 0) is 76.1 Å². The van der Waals surface area contributed by atoms with Crippen molar-refractivity contribution >= 4 is 41.2 Å². The Balaban J connectivity index is 2.07. The second-order valence-electron chi connectivity index (χ2n) is 11.6. The average Bonchev–Trinajstić information content (AvgIpc) is 2.96. The fourth-order valence-electron chi connectivity index (χ4n) is 5.66. The first-order chi connectivity index (χ1) is 20.0. The second-order valence-corrected chi connectivity index (χ2v) is 20.9. The number of rotatable bonds is 12. The molecule has 3 aromatic rings. The third kappa shape index (κ3) is 6.45. The van der Waals surface area contributed by atoms with E-state index in [0.29, 0.717) is 0 Å². The smallest absolute Gasteiger partial charge is 0.382 e. The Hall–Kier alpha value is -2.71. The maximum Gasteiger partial charge on any atom is 0.382 e. The third-order valence-electron chi connectivity index (χ3n) is 7.35. The van der Waals surface area contributed by atoms with E-state index in [0.717, 1.165) is 51.9 Å². The molecule has 1 fully saturated rings. The van der Waals surface area contributed by atoms with Crippen molar-refractivity contribution in [2.24, 2.45) is 0 Å². The monoisotopic (exact) mass is 615 g/mol. The molecule has 6 nitrogen and oxygen atoms in total. The maximum absolute atomic E-state index is 7.41. The van der Waals surface area contributed by atoms with Gasteiger partial charge in [0.1, 0.15) is 0 Å². The van der Waals surface area contributed by atoms with Crippen molar-refractivity contribution < 1.29 is 12.3 Å².